The van der Waals surface area contributed by atoms with Crippen LogP contribution in [0.1, 0.15) is 34.9 Å². The summed E-state index contributed by atoms with van der Waals surface area (Å²) in [5.41, 5.74) is 0.313. The molecule has 0 radical (unpaired) electrons. The Hall–Kier alpha value is -2.64. The van der Waals surface area contributed by atoms with Crippen LogP contribution in [0, 0.1) is 12.8 Å². The van der Waals surface area contributed by atoms with Crippen molar-refractivity contribution < 1.29 is 14.1 Å². The van der Waals surface area contributed by atoms with Crippen LogP contribution in [0.3, 0.4) is 0 Å². The molecule has 2 aromatic rings. The Balaban J connectivity index is 1.56. The second-order valence-electron chi connectivity index (χ2n) is 6.81. The maximum atomic E-state index is 12.8. The third kappa shape index (κ3) is 3.16. The van der Waals surface area contributed by atoms with Gasteiger partial charge >= 0.3 is 0 Å². The molecule has 25 heavy (non-hydrogen) atoms. The van der Waals surface area contributed by atoms with Crippen molar-refractivity contribution in [2.45, 2.75) is 32.9 Å². The number of imidazole rings is 1. The number of hydrogen-bond acceptors (Lipinski definition) is 5. The number of aromatic nitrogens is 3. The number of rotatable bonds is 3. The SMILES string of the molecule is Cc1cc(C(=O)N2Cc3nccn3C[C@H](CN3CCCC3=O)C2)no1. The molecule has 0 saturated carbocycles. The fourth-order valence-corrected chi connectivity index (χ4v) is 3.65. The number of fused-ring (bicyclic) bond motifs is 1. The highest BCUT2D eigenvalue weighted by Gasteiger charge is 2.30. The second-order valence-corrected chi connectivity index (χ2v) is 6.81. The highest BCUT2D eigenvalue weighted by Crippen LogP contribution is 2.21. The van der Waals surface area contributed by atoms with Gasteiger partial charge in [-0.1, -0.05) is 5.16 Å². The number of nitrogens with zero attached hydrogens (tertiary/aromatic N) is 5. The first-order valence-electron chi connectivity index (χ1n) is 8.60. The first kappa shape index (κ1) is 15.9. The van der Waals surface area contributed by atoms with Gasteiger partial charge in [0.05, 0.1) is 6.54 Å². The van der Waals surface area contributed by atoms with E-state index in [0.717, 1.165) is 25.3 Å². The van der Waals surface area contributed by atoms with Gasteiger partial charge in [-0.2, -0.15) is 0 Å². The Morgan fingerprint density at radius 1 is 1.40 bits per heavy atom. The largest absolute Gasteiger partial charge is 0.361 e. The minimum atomic E-state index is -0.161. The van der Waals surface area contributed by atoms with Gasteiger partial charge in [-0.3, -0.25) is 9.59 Å². The minimum Gasteiger partial charge on any atom is -0.361 e. The zero-order valence-electron chi connectivity index (χ0n) is 14.2. The summed E-state index contributed by atoms with van der Waals surface area (Å²) in [5.74, 6) is 1.67. The molecule has 0 N–H and O–H groups in total. The fourth-order valence-electron chi connectivity index (χ4n) is 3.65. The number of carbonyl (C=O) groups is 2. The molecule has 8 nitrogen and oxygen atoms in total. The van der Waals surface area contributed by atoms with Gasteiger partial charge in [0.15, 0.2) is 5.69 Å². The van der Waals surface area contributed by atoms with Gasteiger partial charge in [0.25, 0.3) is 5.91 Å². The summed E-state index contributed by atoms with van der Waals surface area (Å²) in [6.07, 6.45) is 5.23. The van der Waals surface area contributed by atoms with E-state index in [1.54, 1.807) is 24.1 Å². The zero-order chi connectivity index (χ0) is 17.4. The fraction of sp³-hybridized carbons (Fsp3) is 0.529. The van der Waals surface area contributed by atoms with E-state index in [1.165, 1.54) is 0 Å². The van der Waals surface area contributed by atoms with Crippen molar-refractivity contribution in [3.8, 4) is 0 Å². The number of likely N-dealkylation sites (tertiary alicyclic amines) is 1. The van der Waals surface area contributed by atoms with Gasteiger partial charge in [0.1, 0.15) is 11.6 Å². The lowest BCUT2D eigenvalue weighted by atomic mass is 10.1. The lowest BCUT2D eigenvalue weighted by molar-refractivity contribution is -0.128. The smallest absolute Gasteiger partial charge is 0.276 e. The first-order chi connectivity index (χ1) is 12.1. The van der Waals surface area contributed by atoms with E-state index < -0.39 is 0 Å². The van der Waals surface area contributed by atoms with Crippen molar-refractivity contribution in [3.63, 3.8) is 0 Å². The summed E-state index contributed by atoms with van der Waals surface area (Å²) in [7, 11) is 0. The van der Waals surface area contributed by atoms with Crippen molar-refractivity contribution >= 4 is 11.8 Å². The molecule has 0 unspecified atom stereocenters. The molecule has 2 aliphatic heterocycles. The topological polar surface area (TPSA) is 84.5 Å². The quantitative estimate of drug-likeness (QED) is 0.832. The van der Waals surface area contributed by atoms with Gasteiger partial charge in [0.2, 0.25) is 5.91 Å². The standard InChI is InChI=1S/C17H21N5O3/c1-12-7-14(19-25-12)17(24)22-10-13(9-21-5-2-3-16(21)23)8-20-6-4-18-15(20)11-22/h4,6-7,13H,2-3,5,8-11H2,1H3/t13-/m1/s1. The molecule has 0 aromatic carbocycles. The van der Waals surface area contributed by atoms with Crippen molar-refractivity contribution in [3.05, 3.63) is 35.7 Å². The van der Waals surface area contributed by atoms with Crippen molar-refractivity contribution in [2.75, 3.05) is 19.6 Å². The van der Waals surface area contributed by atoms with Gasteiger partial charge < -0.3 is 18.9 Å². The summed E-state index contributed by atoms with van der Waals surface area (Å²) >= 11 is 0. The van der Waals surface area contributed by atoms with Gasteiger partial charge in [-0.05, 0) is 13.3 Å². The predicted octanol–water partition coefficient (Wildman–Crippen LogP) is 1.07. The molecule has 1 saturated heterocycles. The first-order valence-corrected chi connectivity index (χ1v) is 8.60. The highest BCUT2D eigenvalue weighted by atomic mass is 16.5. The Morgan fingerprint density at radius 3 is 3.00 bits per heavy atom. The van der Waals surface area contributed by atoms with Crippen LogP contribution in [0.5, 0.6) is 0 Å². The molecule has 0 bridgehead atoms. The molecule has 1 fully saturated rings. The van der Waals surface area contributed by atoms with Crippen molar-refractivity contribution in [1.82, 2.24) is 24.5 Å². The third-order valence-corrected chi connectivity index (χ3v) is 4.85. The van der Waals surface area contributed by atoms with Crippen LogP contribution < -0.4 is 0 Å². The maximum Gasteiger partial charge on any atom is 0.276 e. The Kier molecular flexibility index (Phi) is 4.03. The summed E-state index contributed by atoms with van der Waals surface area (Å²) in [5, 5.41) is 3.85. The summed E-state index contributed by atoms with van der Waals surface area (Å²) in [6, 6.07) is 1.65. The number of carbonyl (C=O) groups excluding carboxylic acids is 2. The van der Waals surface area contributed by atoms with Crippen LogP contribution in [-0.4, -0.2) is 56.0 Å². The van der Waals surface area contributed by atoms with E-state index in [0.29, 0.717) is 37.5 Å². The molecular weight excluding hydrogens is 322 g/mol. The summed E-state index contributed by atoms with van der Waals surface area (Å²) in [6.45, 7) is 4.99. The molecule has 0 aliphatic carbocycles. The number of amides is 2. The van der Waals surface area contributed by atoms with Crippen LogP contribution in [0.25, 0.3) is 0 Å². The third-order valence-electron chi connectivity index (χ3n) is 4.85. The molecule has 8 heteroatoms. The van der Waals surface area contributed by atoms with Crippen molar-refractivity contribution in [2.24, 2.45) is 5.92 Å². The van der Waals surface area contributed by atoms with Crippen LogP contribution >= 0.6 is 0 Å². The molecule has 132 valence electrons. The van der Waals surface area contributed by atoms with E-state index in [9.17, 15) is 9.59 Å². The Labute approximate surface area is 145 Å². The van der Waals surface area contributed by atoms with Crippen LogP contribution in [0.4, 0.5) is 0 Å². The average molecular weight is 343 g/mol. The van der Waals surface area contributed by atoms with Gasteiger partial charge in [0, 0.05) is 57.0 Å². The van der Waals surface area contributed by atoms with Gasteiger partial charge in [-0.25, -0.2) is 4.98 Å². The maximum absolute atomic E-state index is 12.8. The molecule has 1 atom stereocenters. The van der Waals surface area contributed by atoms with E-state index in [2.05, 4.69) is 14.7 Å². The Morgan fingerprint density at radius 2 is 2.28 bits per heavy atom. The van der Waals surface area contributed by atoms with Crippen LogP contribution in [0.2, 0.25) is 0 Å². The van der Waals surface area contributed by atoms with Crippen LogP contribution in [-0.2, 0) is 17.9 Å². The normalized spacial score (nSPS) is 20.7. The van der Waals surface area contributed by atoms with Crippen molar-refractivity contribution in [1.29, 1.82) is 0 Å². The predicted molar refractivity (Wildman–Crippen MR) is 87.5 cm³/mol. The number of hydrogen-bond donors (Lipinski definition) is 0. The summed E-state index contributed by atoms with van der Waals surface area (Å²) in [4.78, 5) is 32.8. The highest BCUT2D eigenvalue weighted by molar-refractivity contribution is 5.92. The second kappa shape index (κ2) is 6.34. The minimum absolute atomic E-state index is 0.161. The molecular formula is C17H21N5O3. The number of aryl methyl sites for hydroxylation is 1. The molecule has 4 rings (SSSR count). The van der Waals surface area contributed by atoms with E-state index >= 15 is 0 Å². The van der Waals surface area contributed by atoms with Gasteiger partial charge in [-0.15, -0.1) is 0 Å². The lowest BCUT2D eigenvalue weighted by Crippen LogP contribution is -2.39. The Bertz CT molecular complexity index is 796. The molecule has 4 heterocycles. The molecule has 0 spiro atoms. The lowest BCUT2D eigenvalue weighted by Gasteiger charge is -2.26. The molecule has 2 aliphatic rings. The monoisotopic (exact) mass is 343 g/mol. The average Bonchev–Trinajstić information content (AvgIpc) is 3.28. The zero-order valence-corrected chi connectivity index (χ0v) is 14.2. The molecule has 2 amide bonds. The van der Waals surface area contributed by atoms with E-state index in [1.807, 2.05) is 11.1 Å². The van der Waals surface area contributed by atoms with Crippen LogP contribution in [0.15, 0.2) is 23.0 Å². The molecule has 2 aromatic heterocycles. The van der Waals surface area contributed by atoms with E-state index in [4.69, 9.17) is 4.52 Å². The summed E-state index contributed by atoms with van der Waals surface area (Å²) < 4.78 is 7.12. The van der Waals surface area contributed by atoms with E-state index in [-0.39, 0.29) is 17.7 Å².